The molecule has 0 saturated carbocycles. The van der Waals surface area contributed by atoms with Crippen LogP contribution in [-0.4, -0.2) is 19.3 Å². The van der Waals surface area contributed by atoms with Crippen molar-refractivity contribution in [2.75, 3.05) is 13.2 Å². The summed E-state index contributed by atoms with van der Waals surface area (Å²) in [7, 11) is 0. The van der Waals surface area contributed by atoms with Gasteiger partial charge in [-0.05, 0) is 6.07 Å². The second-order valence-corrected chi connectivity index (χ2v) is 3.51. The number of rotatable bonds is 3. The summed E-state index contributed by atoms with van der Waals surface area (Å²) < 4.78 is 18.5. The van der Waals surface area contributed by atoms with Crippen LogP contribution in [0.5, 0.6) is 0 Å². The lowest BCUT2D eigenvalue weighted by molar-refractivity contribution is -0.00588. The maximum absolute atomic E-state index is 13.6. The average Bonchev–Trinajstić information content (AvgIpc) is 2.18. The normalized spacial score (nSPS) is 15.7. The van der Waals surface area contributed by atoms with Gasteiger partial charge in [0.2, 0.25) is 0 Å². The van der Waals surface area contributed by atoms with Crippen LogP contribution in [0.25, 0.3) is 0 Å². The standard InChI is InChI=1S/C11H11FN2O/c12-11-8(4-13)2-1-3-9(11)5-14-10-6-15-7-10/h1-3,10,14H,5-7H2. The van der Waals surface area contributed by atoms with Gasteiger partial charge in [-0.25, -0.2) is 4.39 Å². The van der Waals surface area contributed by atoms with Crippen LogP contribution >= 0.6 is 0 Å². The number of hydrogen-bond acceptors (Lipinski definition) is 3. The van der Waals surface area contributed by atoms with Crippen LogP contribution in [0.1, 0.15) is 11.1 Å². The number of hydrogen-bond donors (Lipinski definition) is 1. The lowest BCUT2D eigenvalue weighted by Gasteiger charge is -2.27. The Morgan fingerprint density at radius 3 is 2.93 bits per heavy atom. The summed E-state index contributed by atoms with van der Waals surface area (Å²) in [6.07, 6.45) is 0. The van der Waals surface area contributed by atoms with Crippen LogP contribution in [0.3, 0.4) is 0 Å². The molecule has 15 heavy (non-hydrogen) atoms. The largest absolute Gasteiger partial charge is 0.378 e. The Morgan fingerprint density at radius 2 is 2.33 bits per heavy atom. The van der Waals surface area contributed by atoms with E-state index in [1.807, 2.05) is 6.07 Å². The van der Waals surface area contributed by atoms with Crippen molar-refractivity contribution < 1.29 is 9.13 Å². The Kier molecular flexibility index (Phi) is 2.95. The zero-order valence-corrected chi connectivity index (χ0v) is 8.16. The number of benzene rings is 1. The van der Waals surface area contributed by atoms with Crippen molar-refractivity contribution in [1.29, 1.82) is 5.26 Å². The summed E-state index contributed by atoms with van der Waals surface area (Å²) >= 11 is 0. The lowest BCUT2D eigenvalue weighted by Crippen LogP contribution is -2.45. The van der Waals surface area contributed by atoms with Gasteiger partial charge < -0.3 is 10.1 Å². The molecule has 1 N–H and O–H groups in total. The SMILES string of the molecule is N#Cc1cccc(CNC2COC2)c1F. The summed E-state index contributed by atoms with van der Waals surface area (Å²) in [6.45, 7) is 1.80. The minimum atomic E-state index is -0.423. The summed E-state index contributed by atoms with van der Waals surface area (Å²) in [5.74, 6) is -0.423. The van der Waals surface area contributed by atoms with Gasteiger partial charge in [0.15, 0.2) is 0 Å². The molecule has 0 amide bonds. The molecule has 0 spiro atoms. The fraction of sp³-hybridized carbons (Fsp3) is 0.364. The molecule has 0 aliphatic carbocycles. The third-order valence-corrected chi connectivity index (χ3v) is 2.42. The molecule has 0 unspecified atom stereocenters. The second-order valence-electron chi connectivity index (χ2n) is 3.51. The van der Waals surface area contributed by atoms with E-state index in [1.54, 1.807) is 12.1 Å². The second kappa shape index (κ2) is 4.39. The van der Waals surface area contributed by atoms with Crippen LogP contribution in [0.15, 0.2) is 18.2 Å². The van der Waals surface area contributed by atoms with E-state index in [-0.39, 0.29) is 5.56 Å². The van der Waals surface area contributed by atoms with Crippen molar-refractivity contribution in [3.8, 4) is 6.07 Å². The molecule has 1 aliphatic heterocycles. The van der Waals surface area contributed by atoms with E-state index in [9.17, 15) is 4.39 Å². The molecule has 1 saturated heterocycles. The highest BCUT2D eigenvalue weighted by molar-refractivity contribution is 5.34. The topological polar surface area (TPSA) is 45.0 Å². The van der Waals surface area contributed by atoms with Gasteiger partial charge in [0.25, 0.3) is 0 Å². The van der Waals surface area contributed by atoms with Gasteiger partial charge in [-0.15, -0.1) is 0 Å². The molecule has 3 nitrogen and oxygen atoms in total. The van der Waals surface area contributed by atoms with Crippen LogP contribution < -0.4 is 5.32 Å². The first kappa shape index (κ1) is 10.1. The number of nitrogens with zero attached hydrogens (tertiary/aromatic N) is 1. The zero-order chi connectivity index (χ0) is 10.7. The average molecular weight is 206 g/mol. The molecular formula is C11H11FN2O. The molecule has 1 aromatic carbocycles. The van der Waals surface area contributed by atoms with E-state index in [2.05, 4.69) is 5.32 Å². The number of nitriles is 1. The van der Waals surface area contributed by atoms with Crippen LogP contribution in [-0.2, 0) is 11.3 Å². The maximum Gasteiger partial charge on any atom is 0.145 e. The first-order chi connectivity index (χ1) is 7.31. The fourth-order valence-corrected chi connectivity index (χ4v) is 1.41. The quantitative estimate of drug-likeness (QED) is 0.807. The predicted molar refractivity (Wildman–Crippen MR) is 52.6 cm³/mol. The van der Waals surface area contributed by atoms with E-state index in [0.717, 1.165) is 0 Å². The fourth-order valence-electron chi connectivity index (χ4n) is 1.41. The number of halogens is 1. The van der Waals surface area contributed by atoms with Gasteiger partial charge in [-0.3, -0.25) is 0 Å². The van der Waals surface area contributed by atoms with Crippen molar-refractivity contribution >= 4 is 0 Å². The molecule has 2 rings (SSSR count). The Morgan fingerprint density at radius 1 is 1.53 bits per heavy atom. The Bertz CT molecular complexity index is 396. The van der Waals surface area contributed by atoms with Crippen molar-refractivity contribution in [2.45, 2.75) is 12.6 Å². The summed E-state index contributed by atoms with van der Waals surface area (Å²) in [5.41, 5.74) is 0.625. The number of ether oxygens (including phenoxy) is 1. The lowest BCUT2D eigenvalue weighted by atomic mass is 10.1. The molecule has 1 heterocycles. The third kappa shape index (κ3) is 2.14. The van der Waals surface area contributed by atoms with E-state index in [0.29, 0.717) is 31.4 Å². The highest BCUT2D eigenvalue weighted by Gasteiger charge is 2.18. The molecule has 0 bridgehead atoms. The monoisotopic (exact) mass is 206 g/mol. The Labute approximate surface area is 87.5 Å². The van der Waals surface area contributed by atoms with Gasteiger partial charge in [-0.2, -0.15) is 5.26 Å². The smallest absolute Gasteiger partial charge is 0.145 e. The maximum atomic E-state index is 13.6. The molecule has 1 aliphatic rings. The van der Waals surface area contributed by atoms with E-state index >= 15 is 0 Å². The minimum absolute atomic E-state index is 0.0964. The van der Waals surface area contributed by atoms with Crippen LogP contribution in [0.2, 0.25) is 0 Å². The van der Waals surface area contributed by atoms with Crippen LogP contribution in [0.4, 0.5) is 4.39 Å². The van der Waals surface area contributed by atoms with Crippen molar-refractivity contribution in [3.05, 3.63) is 35.1 Å². The zero-order valence-electron chi connectivity index (χ0n) is 8.16. The highest BCUT2D eigenvalue weighted by atomic mass is 19.1. The highest BCUT2D eigenvalue weighted by Crippen LogP contribution is 2.12. The van der Waals surface area contributed by atoms with Crippen molar-refractivity contribution in [1.82, 2.24) is 5.32 Å². The first-order valence-corrected chi connectivity index (χ1v) is 4.80. The van der Waals surface area contributed by atoms with E-state index < -0.39 is 5.82 Å². The first-order valence-electron chi connectivity index (χ1n) is 4.80. The van der Waals surface area contributed by atoms with Gasteiger partial charge in [-0.1, -0.05) is 12.1 Å². The Hall–Kier alpha value is -1.44. The van der Waals surface area contributed by atoms with Gasteiger partial charge >= 0.3 is 0 Å². The summed E-state index contributed by atoms with van der Waals surface area (Å²) in [6, 6.07) is 6.99. The van der Waals surface area contributed by atoms with E-state index in [1.165, 1.54) is 6.07 Å². The molecule has 4 heteroatoms. The molecule has 1 aromatic rings. The predicted octanol–water partition coefficient (Wildman–Crippen LogP) is 1.19. The van der Waals surface area contributed by atoms with Gasteiger partial charge in [0, 0.05) is 12.1 Å². The minimum Gasteiger partial charge on any atom is -0.378 e. The van der Waals surface area contributed by atoms with Gasteiger partial charge in [0.1, 0.15) is 11.9 Å². The number of nitrogens with one attached hydrogen (secondary N) is 1. The Balaban J connectivity index is 2.04. The molecule has 1 fully saturated rings. The summed E-state index contributed by atoms with van der Waals surface area (Å²) in [5, 5.41) is 11.8. The summed E-state index contributed by atoms with van der Waals surface area (Å²) in [4.78, 5) is 0. The van der Waals surface area contributed by atoms with E-state index in [4.69, 9.17) is 10.00 Å². The van der Waals surface area contributed by atoms with Crippen LogP contribution in [0, 0.1) is 17.1 Å². The molecule has 0 atom stereocenters. The van der Waals surface area contributed by atoms with Gasteiger partial charge in [0.05, 0.1) is 24.8 Å². The van der Waals surface area contributed by atoms with Crippen molar-refractivity contribution in [3.63, 3.8) is 0 Å². The molecular weight excluding hydrogens is 195 g/mol. The molecule has 0 radical (unpaired) electrons. The third-order valence-electron chi connectivity index (χ3n) is 2.42. The molecule has 0 aromatic heterocycles. The van der Waals surface area contributed by atoms with Crippen molar-refractivity contribution in [2.24, 2.45) is 0 Å². The molecule has 78 valence electrons.